The molecule has 2 nitrogen and oxygen atoms in total. The second kappa shape index (κ2) is 4.99. The van der Waals surface area contributed by atoms with Crippen molar-refractivity contribution in [1.29, 1.82) is 0 Å². The van der Waals surface area contributed by atoms with Crippen LogP contribution in [0.15, 0.2) is 36.4 Å². The number of aromatic hydroxyl groups is 1. The van der Waals surface area contributed by atoms with E-state index in [0.717, 1.165) is 29.3 Å². The van der Waals surface area contributed by atoms with E-state index in [9.17, 15) is 5.11 Å². The lowest BCUT2D eigenvalue weighted by atomic mass is 10.0. The Morgan fingerprint density at radius 1 is 1.00 bits per heavy atom. The van der Waals surface area contributed by atoms with E-state index in [1.165, 1.54) is 25.9 Å². The second-order valence-corrected chi connectivity index (χ2v) is 5.09. The molecule has 0 saturated carbocycles. The van der Waals surface area contributed by atoms with Crippen molar-refractivity contribution >= 4 is 10.8 Å². The Balaban J connectivity index is 1.81. The molecule has 0 atom stereocenters. The fraction of sp³-hybridized carbons (Fsp3) is 0.375. The van der Waals surface area contributed by atoms with Crippen LogP contribution in [0.2, 0.25) is 0 Å². The number of nitrogens with zero attached hydrogens (tertiary/aromatic N) is 1. The molecule has 3 rings (SSSR count). The fourth-order valence-corrected chi connectivity index (χ4v) is 2.79. The van der Waals surface area contributed by atoms with Crippen molar-refractivity contribution in [2.24, 2.45) is 0 Å². The van der Waals surface area contributed by atoms with Gasteiger partial charge in [0.2, 0.25) is 0 Å². The molecule has 0 aromatic heterocycles. The maximum absolute atomic E-state index is 10.3. The van der Waals surface area contributed by atoms with Crippen LogP contribution in [0.4, 0.5) is 0 Å². The van der Waals surface area contributed by atoms with Gasteiger partial charge in [0, 0.05) is 11.9 Å². The molecule has 2 heteroatoms. The standard InChI is InChI=1S/C16H19NO/c18-16-14(9-12-17-10-3-4-11-17)8-7-13-5-1-2-6-15(13)16/h1-2,5-8,18H,3-4,9-12H2. The molecule has 1 N–H and O–H groups in total. The number of likely N-dealkylation sites (tertiary alicyclic amines) is 1. The van der Waals surface area contributed by atoms with E-state index in [1.54, 1.807) is 0 Å². The van der Waals surface area contributed by atoms with Crippen molar-refractivity contribution in [3.05, 3.63) is 42.0 Å². The van der Waals surface area contributed by atoms with Gasteiger partial charge in [-0.05, 0) is 43.3 Å². The van der Waals surface area contributed by atoms with Gasteiger partial charge in [0.1, 0.15) is 5.75 Å². The number of fused-ring (bicyclic) bond motifs is 1. The SMILES string of the molecule is Oc1c(CCN2CCCC2)ccc2ccccc12. The van der Waals surface area contributed by atoms with Crippen LogP contribution in [0.3, 0.4) is 0 Å². The third-order valence-electron chi connectivity index (χ3n) is 3.88. The minimum Gasteiger partial charge on any atom is -0.507 e. The molecule has 1 aliphatic rings. The van der Waals surface area contributed by atoms with Crippen molar-refractivity contribution in [2.75, 3.05) is 19.6 Å². The Kier molecular flexibility index (Phi) is 3.20. The van der Waals surface area contributed by atoms with Gasteiger partial charge >= 0.3 is 0 Å². The van der Waals surface area contributed by atoms with Gasteiger partial charge in [-0.1, -0.05) is 36.4 Å². The van der Waals surface area contributed by atoms with E-state index < -0.39 is 0 Å². The molecule has 1 saturated heterocycles. The maximum Gasteiger partial charge on any atom is 0.126 e. The number of phenols is 1. The Labute approximate surface area is 108 Å². The highest BCUT2D eigenvalue weighted by molar-refractivity contribution is 5.89. The molecule has 1 aliphatic heterocycles. The third kappa shape index (κ3) is 2.21. The van der Waals surface area contributed by atoms with Crippen LogP contribution in [0.1, 0.15) is 18.4 Å². The molecule has 0 aliphatic carbocycles. The molecule has 0 unspecified atom stereocenters. The van der Waals surface area contributed by atoms with Crippen molar-refractivity contribution in [3.8, 4) is 5.75 Å². The largest absolute Gasteiger partial charge is 0.507 e. The molecule has 94 valence electrons. The first-order valence-corrected chi connectivity index (χ1v) is 6.76. The van der Waals surface area contributed by atoms with E-state index >= 15 is 0 Å². The normalized spacial score (nSPS) is 16.4. The Hall–Kier alpha value is -1.54. The highest BCUT2D eigenvalue weighted by Crippen LogP contribution is 2.29. The summed E-state index contributed by atoms with van der Waals surface area (Å²) in [5.41, 5.74) is 1.07. The van der Waals surface area contributed by atoms with Crippen LogP contribution in [0.25, 0.3) is 10.8 Å². The Bertz CT molecular complexity index is 544. The predicted octanol–water partition coefficient (Wildman–Crippen LogP) is 3.18. The van der Waals surface area contributed by atoms with Gasteiger partial charge in [-0.3, -0.25) is 0 Å². The number of benzene rings is 2. The number of phenolic OH excluding ortho intramolecular Hbond substituents is 1. The maximum atomic E-state index is 10.3. The molecular weight excluding hydrogens is 222 g/mol. The quantitative estimate of drug-likeness (QED) is 0.892. The smallest absolute Gasteiger partial charge is 0.126 e. The zero-order valence-corrected chi connectivity index (χ0v) is 10.6. The minimum atomic E-state index is 0.465. The summed E-state index contributed by atoms with van der Waals surface area (Å²) in [5.74, 6) is 0.465. The van der Waals surface area contributed by atoms with Gasteiger partial charge < -0.3 is 10.0 Å². The monoisotopic (exact) mass is 241 g/mol. The van der Waals surface area contributed by atoms with Crippen molar-refractivity contribution < 1.29 is 5.11 Å². The molecule has 1 heterocycles. The molecule has 0 amide bonds. The summed E-state index contributed by atoms with van der Waals surface area (Å²) >= 11 is 0. The van der Waals surface area contributed by atoms with E-state index in [-0.39, 0.29) is 0 Å². The zero-order valence-electron chi connectivity index (χ0n) is 10.6. The van der Waals surface area contributed by atoms with Gasteiger partial charge in [0.05, 0.1) is 0 Å². The van der Waals surface area contributed by atoms with E-state index in [4.69, 9.17) is 0 Å². The van der Waals surface area contributed by atoms with E-state index in [2.05, 4.69) is 17.0 Å². The lowest BCUT2D eigenvalue weighted by Gasteiger charge is -2.15. The predicted molar refractivity (Wildman–Crippen MR) is 75.0 cm³/mol. The van der Waals surface area contributed by atoms with Crippen LogP contribution in [-0.4, -0.2) is 29.6 Å². The first-order chi connectivity index (χ1) is 8.84. The molecular formula is C16H19NO. The first-order valence-electron chi connectivity index (χ1n) is 6.76. The van der Waals surface area contributed by atoms with Gasteiger partial charge in [-0.25, -0.2) is 0 Å². The molecule has 0 bridgehead atoms. The summed E-state index contributed by atoms with van der Waals surface area (Å²) in [6, 6.07) is 12.2. The number of hydrogen-bond acceptors (Lipinski definition) is 2. The Morgan fingerprint density at radius 3 is 2.61 bits per heavy atom. The van der Waals surface area contributed by atoms with Crippen LogP contribution in [0, 0.1) is 0 Å². The van der Waals surface area contributed by atoms with Gasteiger partial charge in [0.25, 0.3) is 0 Å². The molecule has 0 radical (unpaired) electrons. The summed E-state index contributed by atoms with van der Waals surface area (Å²) in [4.78, 5) is 2.48. The highest BCUT2D eigenvalue weighted by Gasteiger charge is 2.12. The minimum absolute atomic E-state index is 0.465. The second-order valence-electron chi connectivity index (χ2n) is 5.09. The summed E-state index contributed by atoms with van der Waals surface area (Å²) in [7, 11) is 0. The van der Waals surface area contributed by atoms with Crippen LogP contribution in [0.5, 0.6) is 5.75 Å². The molecule has 1 fully saturated rings. The van der Waals surface area contributed by atoms with Crippen molar-refractivity contribution in [3.63, 3.8) is 0 Å². The summed E-state index contributed by atoms with van der Waals surface area (Å²) in [6.07, 6.45) is 3.59. The average Bonchev–Trinajstić information content (AvgIpc) is 2.91. The van der Waals surface area contributed by atoms with Crippen LogP contribution in [-0.2, 0) is 6.42 Å². The van der Waals surface area contributed by atoms with Crippen molar-refractivity contribution in [1.82, 2.24) is 4.90 Å². The van der Waals surface area contributed by atoms with E-state index in [0.29, 0.717) is 5.75 Å². The molecule has 0 spiro atoms. The lowest BCUT2D eigenvalue weighted by molar-refractivity contribution is 0.341. The Morgan fingerprint density at radius 2 is 1.78 bits per heavy atom. The fourth-order valence-electron chi connectivity index (χ4n) is 2.79. The average molecular weight is 241 g/mol. The first kappa shape index (κ1) is 11.5. The molecule has 2 aromatic rings. The summed E-state index contributed by atoms with van der Waals surface area (Å²) in [6.45, 7) is 3.49. The van der Waals surface area contributed by atoms with Crippen molar-refractivity contribution in [2.45, 2.75) is 19.3 Å². The molecule has 18 heavy (non-hydrogen) atoms. The van der Waals surface area contributed by atoms with E-state index in [1.807, 2.05) is 24.3 Å². The van der Waals surface area contributed by atoms with Gasteiger partial charge in [0.15, 0.2) is 0 Å². The van der Waals surface area contributed by atoms with Crippen LogP contribution < -0.4 is 0 Å². The molecule has 2 aromatic carbocycles. The van der Waals surface area contributed by atoms with Crippen LogP contribution >= 0.6 is 0 Å². The number of rotatable bonds is 3. The van der Waals surface area contributed by atoms with Gasteiger partial charge in [-0.2, -0.15) is 0 Å². The zero-order chi connectivity index (χ0) is 12.4. The number of hydrogen-bond donors (Lipinski definition) is 1. The van der Waals surface area contributed by atoms with Gasteiger partial charge in [-0.15, -0.1) is 0 Å². The lowest BCUT2D eigenvalue weighted by Crippen LogP contribution is -2.21. The summed E-state index contributed by atoms with van der Waals surface area (Å²) in [5, 5.41) is 12.4. The topological polar surface area (TPSA) is 23.5 Å². The third-order valence-corrected chi connectivity index (χ3v) is 3.88. The summed E-state index contributed by atoms with van der Waals surface area (Å²) < 4.78 is 0. The highest BCUT2D eigenvalue weighted by atomic mass is 16.3.